The molecule has 25 heavy (non-hydrogen) atoms. The molecular weight excluding hydrogens is 338 g/mol. The second-order valence-corrected chi connectivity index (χ2v) is 6.87. The van der Waals surface area contributed by atoms with Gasteiger partial charge < -0.3 is 15.1 Å². The molecular formula is C18H20ClN5O. The highest BCUT2D eigenvalue weighted by atomic mass is 35.5. The fourth-order valence-corrected chi connectivity index (χ4v) is 3.27. The van der Waals surface area contributed by atoms with Gasteiger partial charge in [0.05, 0.1) is 28.8 Å². The fraction of sp³-hybridized carbons (Fsp3) is 0.389. The van der Waals surface area contributed by atoms with E-state index in [1.54, 1.807) is 12.4 Å². The standard InChI is InChI=1S/C18H20ClN5O/c19-15-3-1-2-4-16(15)23-7-9-24(10-8-23)18(25)22-14-11-20-17(21-12-14)13-5-6-13/h1-4,11-13H,5-10H2,(H,22,25). The van der Waals surface area contributed by atoms with Crippen LogP contribution in [-0.4, -0.2) is 47.1 Å². The molecule has 1 aromatic heterocycles. The Morgan fingerprint density at radius 3 is 2.40 bits per heavy atom. The first kappa shape index (κ1) is 16.1. The van der Waals surface area contributed by atoms with E-state index in [1.165, 1.54) is 12.8 Å². The lowest BCUT2D eigenvalue weighted by Gasteiger charge is -2.36. The second kappa shape index (κ2) is 6.88. The van der Waals surface area contributed by atoms with Crippen LogP contribution in [0, 0.1) is 0 Å². The minimum atomic E-state index is -0.110. The average molecular weight is 358 g/mol. The van der Waals surface area contributed by atoms with Gasteiger partial charge in [0.1, 0.15) is 5.82 Å². The number of para-hydroxylation sites is 1. The summed E-state index contributed by atoms with van der Waals surface area (Å²) in [5.41, 5.74) is 1.66. The number of anilines is 2. The maximum Gasteiger partial charge on any atom is 0.322 e. The molecule has 2 aromatic rings. The highest BCUT2D eigenvalue weighted by Gasteiger charge is 2.26. The van der Waals surface area contributed by atoms with E-state index >= 15 is 0 Å². The molecule has 1 saturated carbocycles. The molecule has 0 spiro atoms. The Morgan fingerprint density at radius 1 is 1.08 bits per heavy atom. The number of hydrogen-bond donors (Lipinski definition) is 1. The third kappa shape index (κ3) is 3.69. The highest BCUT2D eigenvalue weighted by molar-refractivity contribution is 6.33. The van der Waals surface area contributed by atoms with Crippen molar-refractivity contribution in [3.8, 4) is 0 Å². The first-order chi connectivity index (χ1) is 12.2. The van der Waals surface area contributed by atoms with Gasteiger partial charge in [-0.25, -0.2) is 14.8 Å². The van der Waals surface area contributed by atoms with Crippen molar-refractivity contribution in [2.24, 2.45) is 0 Å². The zero-order valence-corrected chi connectivity index (χ0v) is 14.6. The first-order valence-electron chi connectivity index (χ1n) is 8.58. The zero-order valence-electron chi connectivity index (χ0n) is 13.9. The van der Waals surface area contributed by atoms with Gasteiger partial charge in [-0.05, 0) is 25.0 Å². The lowest BCUT2D eigenvalue weighted by molar-refractivity contribution is 0.208. The average Bonchev–Trinajstić information content (AvgIpc) is 3.48. The van der Waals surface area contributed by atoms with Crippen LogP contribution in [-0.2, 0) is 0 Å². The summed E-state index contributed by atoms with van der Waals surface area (Å²) >= 11 is 6.25. The minimum Gasteiger partial charge on any atom is -0.367 e. The third-order valence-electron chi connectivity index (χ3n) is 4.63. The van der Waals surface area contributed by atoms with Crippen molar-refractivity contribution in [2.75, 3.05) is 36.4 Å². The van der Waals surface area contributed by atoms with Gasteiger partial charge >= 0.3 is 6.03 Å². The van der Waals surface area contributed by atoms with Gasteiger partial charge in [-0.15, -0.1) is 0 Å². The number of halogens is 1. The summed E-state index contributed by atoms with van der Waals surface area (Å²) in [6.45, 7) is 2.82. The maximum atomic E-state index is 12.4. The van der Waals surface area contributed by atoms with Gasteiger partial charge in [0.25, 0.3) is 0 Å². The number of carbonyl (C=O) groups excluding carboxylic acids is 1. The number of nitrogens with zero attached hydrogens (tertiary/aromatic N) is 4. The number of benzene rings is 1. The molecule has 1 aromatic carbocycles. The molecule has 2 heterocycles. The van der Waals surface area contributed by atoms with Crippen LogP contribution in [0.3, 0.4) is 0 Å². The number of nitrogens with one attached hydrogen (secondary N) is 1. The number of piperazine rings is 1. The second-order valence-electron chi connectivity index (χ2n) is 6.46. The molecule has 2 fully saturated rings. The molecule has 0 radical (unpaired) electrons. The molecule has 1 aliphatic heterocycles. The number of rotatable bonds is 3. The Hall–Kier alpha value is -2.34. The molecule has 1 N–H and O–H groups in total. The Balaban J connectivity index is 1.32. The SMILES string of the molecule is O=C(Nc1cnc(C2CC2)nc1)N1CCN(c2ccccc2Cl)CC1. The zero-order chi connectivity index (χ0) is 17.2. The molecule has 6 nitrogen and oxygen atoms in total. The summed E-state index contributed by atoms with van der Waals surface area (Å²) < 4.78 is 0. The smallest absolute Gasteiger partial charge is 0.322 e. The van der Waals surface area contributed by atoms with E-state index < -0.39 is 0 Å². The Kier molecular flexibility index (Phi) is 4.44. The molecule has 7 heteroatoms. The molecule has 1 saturated heterocycles. The largest absolute Gasteiger partial charge is 0.367 e. The first-order valence-corrected chi connectivity index (χ1v) is 8.96. The van der Waals surface area contributed by atoms with Crippen LogP contribution in [0.25, 0.3) is 0 Å². The molecule has 0 unspecified atom stereocenters. The van der Waals surface area contributed by atoms with Crippen LogP contribution < -0.4 is 10.2 Å². The predicted molar refractivity (Wildman–Crippen MR) is 98.3 cm³/mol. The van der Waals surface area contributed by atoms with Crippen LogP contribution in [0.2, 0.25) is 5.02 Å². The van der Waals surface area contributed by atoms with Gasteiger partial charge in [-0.3, -0.25) is 0 Å². The Morgan fingerprint density at radius 2 is 1.76 bits per heavy atom. The van der Waals surface area contributed by atoms with Crippen molar-refractivity contribution < 1.29 is 4.79 Å². The maximum absolute atomic E-state index is 12.4. The van der Waals surface area contributed by atoms with Crippen molar-refractivity contribution in [2.45, 2.75) is 18.8 Å². The van der Waals surface area contributed by atoms with Gasteiger partial charge in [0.15, 0.2) is 0 Å². The van der Waals surface area contributed by atoms with Gasteiger partial charge in [-0.2, -0.15) is 0 Å². The molecule has 2 aliphatic rings. The van der Waals surface area contributed by atoms with Crippen molar-refractivity contribution in [1.29, 1.82) is 0 Å². The highest BCUT2D eigenvalue weighted by Crippen LogP contribution is 2.37. The Labute approximate surface area is 151 Å². The van der Waals surface area contributed by atoms with Gasteiger partial charge in [-0.1, -0.05) is 23.7 Å². The van der Waals surface area contributed by atoms with Gasteiger partial charge in [0, 0.05) is 32.1 Å². The van der Waals surface area contributed by atoms with Crippen LogP contribution in [0.4, 0.5) is 16.2 Å². The lowest BCUT2D eigenvalue weighted by Crippen LogP contribution is -2.50. The molecule has 2 amide bonds. The summed E-state index contributed by atoms with van der Waals surface area (Å²) in [4.78, 5) is 25.1. The van der Waals surface area contributed by atoms with Gasteiger partial charge in [0.2, 0.25) is 0 Å². The fourth-order valence-electron chi connectivity index (χ4n) is 3.02. The molecule has 130 valence electrons. The lowest BCUT2D eigenvalue weighted by atomic mass is 10.2. The van der Waals surface area contributed by atoms with E-state index in [0.717, 1.165) is 29.6 Å². The van der Waals surface area contributed by atoms with Crippen LogP contribution >= 0.6 is 11.6 Å². The molecule has 0 atom stereocenters. The third-order valence-corrected chi connectivity index (χ3v) is 4.95. The van der Waals surface area contributed by atoms with E-state index in [-0.39, 0.29) is 6.03 Å². The predicted octanol–water partition coefficient (Wildman–Crippen LogP) is 3.36. The number of carbonyl (C=O) groups is 1. The number of urea groups is 1. The summed E-state index contributed by atoms with van der Waals surface area (Å²) in [6.07, 6.45) is 5.72. The van der Waals surface area contributed by atoms with E-state index in [2.05, 4.69) is 20.2 Å². The van der Waals surface area contributed by atoms with Crippen LogP contribution in [0.1, 0.15) is 24.6 Å². The molecule has 0 bridgehead atoms. The van der Waals surface area contributed by atoms with E-state index in [4.69, 9.17) is 11.6 Å². The van der Waals surface area contributed by atoms with Crippen molar-refractivity contribution in [3.05, 3.63) is 47.5 Å². The van der Waals surface area contributed by atoms with Crippen molar-refractivity contribution in [3.63, 3.8) is 0 Å². The molecule has 1 aliphatic carbocycles. The van der Waals surface area contributed by atoms with E-state index in [9.17, 15) is 4.79 Å². The van der Waals surface area contributed by atoms with Crippen molar-refractivity contribution >= 4 is 29.0 Å². The quantitative estimate of drug-likeness (QED) is 0.915. The summed E-state index contributed by atoms with van der Waals surface area (Å²) in [6, 6.07) is 7.69. The molecule has 4 rings (SSSR count). The van der Waals surface area contributed by atoms with Crippen LogP contribution in [0.5, 0.6) is 0 Å². The normalized spacial score (nSPS) is 17.5. The topological polar surface area (TPSA) is 61.4 Å². The van der Waals surface area contributed by atoms with Crippen LogP contribution in [0.15, 0.2) is 36.7 Å². The summed E-state index contributed by atoms with van der Waals surface area (Å²) in [7, 11) is 0. The number of amides is 2. The number of aromatic nitrogens is 2. The van der Waals surface area contributed by atoms with Crippen molar-refractivity contribution in [1.82, 2.24) is 14.9 Å². The summed E-state index contributed by atoms with van der Waals surface area (Å²) in [5, 5.41) is 3.63. The Bertz CT molecular complexity index is 754. The monoisotopic (exact) mass is 357 g/mol. The van der Waals surface area contributed by atoms with E-state index in [0.29, 0.717) is 24.7 Å². The number of hydrogen-bond acceptors (Lipinski definition) is 4. The van der Waals surface area contributed by atoms with E-state index in [1.807, 2.05) is 29.2 Å². The summed E-state index contributed by atoms with van der Waals surface area (Å²) in [5.74, 6) is 1.40. The minimum absolute atomic E-state index is 0.110.